The molecule has 0 spiro atoms. The molecule has 0 aliphatic rings. The van der Waals surface area contributed by atoms with Gasteiger partial charge in [0.15, 0.2) is 0 Å². The molecule has 0 radical (unpaired) electrons. The molecule has 2 rings (SSSR count). The Bertz CT molecular complexity index is 585. The molecule has 2 nitrogen and oxygen atoms in total. The highest BCUT2D eigenvalue weighted by atomic mass is 79.9. The Morgan fingerprint density at radius 3 is 2.29 bits per heavy atom. The lowest BCUT2D eigenvalue weighted by Gasteiger charge is -2.25. The minimum atomic E-state index is 0.260. The highest BCUT2D eigenvalue weighted by Crippen LogP contribution is 2.30. The molecule has 2 atom stereocenters. The number of halogens is 1. The van der Waals surface area contributed by atoms with E-state index < -0.39 is 0 Å². The van der Waals surface area contributed by atoms with Crippen LogP contribution in [-0.4, -0.2) is 7.11 Å². The number of ether oxygens (including phenoxy) is 1. The van der Waals surface area contributed by atoms with E-state index in [0.29, 0.717) is 0 Å². The van der Waals surface area contributed by atoms with Gasteiger partial charge in [-0.05, 0) is 31.0 Å². The molecule has 21 heavy (non-hydrogen) atoms. The van der Waals surface area contributed by atoms with E-state index in [-0.39, 0.29) is 12.1 Å². The van der Waals surface area contributed by atoms with Crippen LogP contribution in [0.25, 0.3) is 0 Å². The fourth-order valence-electron chi connectivity index (χ4n) is 2.60. The maximum Gasteiger partial charge on any atom is 0.123 e. The lowest BCUT2D eigenvalue weighted by atomic mass is 10.0. The van der Waals surface area contributed by atoms with E-state index in [0.717, 1.165) is 16.6 Å². The molecule has 0 saturated carbocycles. The van der Waals surface area contributed by atoms with E-state index in [1.165, 1.54) is 11.1 Å². The third-order valence-electron chi connectivity index (χ3n) is 3.75. The van der Waals surface area contributed by atoms with Gasteiger partial charge in [0.2, 0.25) is 0 Å². The number of hydrogen-bond donors (Lipinski definition) is 1. The first-order valence-corrected chi connectivity index (χ1v) is 8.10. The van der Waals surface area contributed by atoms with Gasteiger partial charge < -0.3 is 10.1 Å². The topological polar surface area (TPSA) is 21.3 Å². The Morgan fingerprint density at radius 2 is 1.67 bits per heavy atom. The summed E-state index contributed by atoms with van der Waals surface area (Å²) in [6.07, 6.45) is 1.01. The Hall–Kier alpha value is -1.32. The van der Waals surface area contributed by atoms with Gasteiger partial charge in [-0.15, -0.1) is 0 Å². The van der Waals surface area contributed by atoms with Crippen LogP contribution in [0, 0.1) is 0 Å². The highest BCUT2D eigenvalue weighted by molar-refractivity contribution is 9.10. The fraction of sp³-hybridized carbons (Fsp3) is 0.333. The number of hydrogen-bond acceptors (Lipinski definition) is 2. The molecule has 2 aromatic carbocycles. The Labute approximate surface area is 135 Å². The first-order valence-electron chi connectivity index (χ1n) is 7.30. The van der Waals surface area contributed by atoms with Crippen molar-refractivity contribution in [1.29, 1.82) is 0 Å². The molecule has 0 heterocycles. The van der Waals surface area contributed by atoms with Crippen LogP contribution in [0.4, 0.5) is 0 Å². The summed E-state index contributed by atoms with van der Waals surface area (Å²) >= 11 is 3.63. The summed E-state index contributed by atoms with van der Waals surface area (Å²) in [7, 11) is 1.72. The monoisotopic (exact) mass is 347 g/mol. The third kappa shape index (κ3) is 3.86. The van der Waals surface area contributed by atoms with Crippen molar-refractivity contribution in [2.24, 2.45) is 0 Å². The zero-order chi connectivity index (χ0) is 15.2. The van der Waals surface area contributed by atoms with Gasteiger partial charge in [-0.2, -0.15) is 0 Å². The summed E-state index contributed by atoms with van der Waals surface area (Å²) in [5.74, 6) is 0.941. The van der Waals surface area contributed by atoms with Gasteiger partial charge in [0.1, 0.15) is 5.75 Å². The van der Waals surface area contributed by atoms with Crippen LogP contribution in [0.2, 0.25) is 0 Å². The van der Waals surface area contributed by atoms with Crippen LogP contribution in [0.1, 0.15) is 43.5 Å². The molecule has 0 aliphatic heterocycles. The average molecular weight is 348 g/mol. The summed E-state index contributed by atoms with van der Waals surface area (Å²) in [5, 5.41) is 3.70. The van der Waals surface area contributed by atoms with Crippen molar-refractivity contribution in [1.82, 2.24) is 5.32 Å². The molecule has 0 bridgehead atoms. The summed E-state index contributed by atoms with van der Waals surface area (Å²) in [4.78, 5) is 0. The zero-order valence-electron chi connectivity index (χ0n) is 12.8. The molecule has 1 unspecified atom stereocenters. The molecule has 0 aliphatic carbocycles. The predicted molar refractivity (Wildman–Crippen MR) is 91.7 cm³/mol. The molecule has 1 N–H and O–H groups in total. The minimum absolute atomic E-state index is 0.260. The molecule has 3 heteroatoms. The van der Waals surface area contributed by atoms with E-state index >= 15 is 0 Å². The molecule has 2 aromatic rings. The largest absolute Gasteiger partial charge is 0.496 e. The second-order valence-electron chi connectivity index (χ2n) is 5.11. The Balaban J connectivity index is 2.21. The molecular weight excluding hydrogens is 326 g/mol. The van der Waals surface area contributed by atoms with E-state index in [2.05, 4.69) is 65.4 Å². The van der Waals surface area contributed by atoms with Gasteiger partial charge in [0, 0.05) is 22.1 Å². The van der Waals surface area contributed by atoms with Gasteiger partial charge in [-0.25, -0.2) is 0 Å². The van der Waals surface area contributed by atoms with E-state index in [1.54, 1.807) is 7.11 Å². The van der Waals surface area contributed by atoms with Crippen LogP contribution in [0.3, 0.4) is 0 Å². The van der Waals surface area contributed by atoms with Crippen molar-refractivity contribution in [3.05, 3.63) is 64.1 Å². The summed E-state index contributed by atoms with van der Waals surface area (Å²) < 4.78 is 6.63. The second-order valence-corrected chi connectivity index (χ2v) is 5.97. The summed E-state index contributed by atoms with van der Waals surface area (Å²) in [5.41, 5.74) is 2.48. The predicted octanol–water partition coefficient (Wildman–Crippen LogP) is 5.26. The van der Waals surface area contributed by atoms with Gasteiger partial charge in [0.05, 0.1) is 7.11 Å². The van der Waals surface area contributed by atoms with Crippen molar-refractivity contribution >= 4 is 15.9 Å². The number of methoxy groups -OCH3 is 1. The maximum atomic E-state index is 5.49. The molecule has 0 saturated heterocycles. The van der Waals surface area contributed by atoms with E-state index in [1.807, 2.05) is 18.2 Å². The van der Waals surface area contributed by atoms with Crippen LogP contribution in [0.5, 0.6) is 5.75 Å². The normalized spacial score (nSPS) is 13.7. The number of rotatable bonds is 6. The molecule has 0 aromatic heterocycles. The van der Waals surface area contributed by atoms with Crippen molar-refractivity contribution in [3.8, 4) is 5.75 Å². The van der Waals surface area contributed by atoms with E-state index in [9.17, 15) is 0 Å². The van der Waals surface area contributed by atoms with Gasteiger partial charge in [-0.1, -0.05) is 59.3 Å². The number of nitrogens with one attached hydrogen (secondary N) is 1. The fourth-order valence-corrected chi connectivity index (χ4v) is 3.23. The van der Waals surface area contributed by atoms with Crippen LogP contribution < -0.4 is 10.1 Å². The van der Waals surface area contributed by atoms with Crippen LogP contribution in [-0.2, 0) is 0 Å². The molecule has 112 valence electrons. The lowest BCUT2D eigenvalue weighted by Crippen LogP contribution is -2.24. The quantitative estimate of drug-likeness (QED) is 0.769. The molecule has 0 fully saturated rings. The summed E-state index contributed by atoms with van der Waals surface area (Å²) in [6.45, 7) is 4.38. The molecular formula is C18H22BrNO. The van der Waals surface area contributed by atoms with Gasteiger partial charge >= 0.3 is 0 Å². The zero-order valence-corrected chi connectivity index (χ0v) is 14.4. The maximum absolute atomic E-state index is 5.49. The standard InChI is InChI=1S/C18H22BrNO/c1-4-17(15-10-6-8-12-18(15)21-3)20-13(2)14-9-5-7-11-16(14)19/h5-13,17,20H,4H2,1-3H3/t13-,17?/m1/s1. The van der Waals surface area contributed by atoms with Gasteiger partial charge in [-0.3, -0.25) is 0 Å². The number of benzene rings is 2. The Morgan fingerprint density at radius 1 is 1.05 bits per heavy atom. The Kier molecular flexibility index (Phi) is 5.83. The smallest absolute Gasteiger partial charge is 0.123 e. The lowest BCUT2D eigenvalue weighted by molar-refractivity contribution is 0.388. The minimum Gasteiger partial charge on any atom is -0.496 e. The SMILES string of the molecule is CCC(N[C@H](C)c1ccccc1Br)c1ccccc1OC. The van der Waals surface area contributed by atoms with Gasteiger partial charge in [0.25, 0.3) is 0 Å². The average Bonchev–Trinajstić information content (AvgIpc) is 2.52. The van der Waals surface area contributed by atoms with Crippen molar-refractivity contribution in [2.75, 3.05) is 7.11 Å². The highest BCUT2D eigenvalue weighted by Gasteiger charge is 2.18. The summed E-state index contributed by atoms with van der Waals surface area (Å²) in [6, 6.07) is 17.1. The second kappa shape index (κ2) is 7.62. The first-order chi connectivity index (χ1) is 10.2. The first kappa shape index (κ1) is 16.1. The third-order valence-corrected chi connectivity index (χ3v) is 4.47. The van der Waals surface area contributed by atoms with Crippen molar-refractivity contribution in [2.45, 2.75) is 32.4 Å². The van der Waals surface area contributed by atoms with Crippen LogP contribution in [0.15, 0.2) is 53.0 Å². The van der Waals surface area contributed by atoms with Crippen LogP contribution >= 0.6 is 15.9 Å². The number of para-hydroxylation sites is 1. The molecule has 0 amide bonds. The van der Waals surface area contributed by atoms with E-state index in [4.69, 9.17) is 4.74 Å². The van der Waals surface area contributed by atoms with Crippen molar-refractivity contribution < 1.29 is 4.74 Å². The van der Waals surface area contributed by atoms with Crippen molar-refractivity contribution in [3.63, 3.8) is 0 Å².